The predicted molar refractivity (Wildman–Crippen MR) is 103 cm³/mol. The number of primary amides is 1. The molecule has 0 aliphatic rings. The first-order chi connectivity index (χ1) is 12.5. The van der Waals surface area contributed by atoms with Gasteiger partial charge in [0.15, 0.2) is 0 Å². The standard InChI is InChI=1S/C19H21N3O3S/c1-13(21-19(25)14-7-3-2-4-8-14)11-18(24)22-15-9-5-6-10-16(15)26-12-17(20)23/h2-10,13H,11-12H2,1H3,(H2,20,23)(H,21,25)(H,22,24). The van der Waals surface area contributed by atoms with Crippen LogP contribution in [-0.2, 0) is 9.59 Å². The zero-order valence-electron chi connectivity index (χ0n) is 14.4. The lowest BCUT2D eigenvalue weighted by atomic mass is 10.1. The number of hydrogen-bond donors (Lipinski definition) is 3. The minimum Gasteiger partial charge on any atom is -0.369 e. The number of anilines is 1. The number of rotatable bonds is 8. The molecule has 26 heavy (non-hydrogen) atoms. The maximum absolute atomic E-state index is 12.3. The van der Waals surface area contributed by atoms with Crippen molar-refractivity contribution in [3.8, 4) is 0 Å². The quantitative estimate of drug-likeness (QED) is 0.620. The van der Waals surface area contributed by atoms with E-state index in [4.69, 9.17) is 5.73 Å². The molecule has 0 bridgehead atoms. The van der Waals surface area contributed by atoms with Crippen LogP contribution in [0.1, 0.15) is 23.7 Å². The van der Waals surface area contributed by atoms with Crippen molar-refractivity contribution in [3.63, 3.8) is 0 Å². The van der Waals surface area contributed by atoms with Gasteiger partial charge in [0.05, 0.1) is 11.4 Å². The van der Waals surface area contributed by atoms with Crippen LogP contribution in [-0.4, -0.2) is 29.5 Å². The Morgan fingerprint density at radius 2 is 1.69 bits per heavy atom. The zero-order valence-corrected chi connectivity index (χ0v) is 15.2. The Kier molecular flexibility index (Phi) is 7.23. The highest BCUT2D eigenvalue weighted by molar-refractivity contribution is 8.00. The van der Waals surface area contributed by atoms with Crippen LogP contribution in [0, 0.1) is 0 Å². The Morgan fingerprint density at radius 3 is 2.38 bits per heavy atom. The van der Waals surface area contributed by atoms with Crippen molar-refractivity contribution in [2.45, 2.75) is 24.3 Å². The fraction of sp³-hybridized carbons (Fsp3) is 0.211. The van der Waals surface area contributed by atoms with Crippen LogP contribution in [0.4, 0.5) is 5.69 Å². The molecule has 2 aromatic carbocycles. The Labute approximate surface area is 156 Å². The summed E-state index contributed by atoms with van der Waals surface area (Å²) in [6, 6.07) is 15.7. The fourth-order valence-electron chi connectivity index (χ4n) is 2.27. The van der Waals surface area contributed by atoms with Crippen LogP contribution in [0.2, 0.25) is 0 Å². The summed E-state index contributed by atoms with van der Waals surface area (Å²) in [7, 11) is 0. The highest BCUT2D eigenvalue weighted by Gasteiger charge is 2.14. The summed E-state index contributed by atoms with van der Waals surface area (Å²) in [5.74, 6) is -0.731. The maximum Gasteiger partial charge on any atom is 0.251 e. The Bertz CT molecular complexity index is 781. The van der Waals surface area contributed by atoms with E-state index >= 15 is 0 Å². The van der Waals surface area contributed by atoms with E-state index in [0.717, 1.165) is 4.90 Å². The number of carbonyl (C=O) groups excluding carboxylic acids is 3. The van der Waals surface area contributed by atoms with Crippen LogP contribution >= 0.6 is 11.8 Å². The van der Waals surface area contributed by atoms with Crippen molar-refractivity contribution in [3.05, 3.63) is 60.2 Å². The number of para-hydroxylation sites is 1. The van der Waals surface area contributed by atoms with E-state index in [0.29, 0.717) is 11.3 Å². The molecule has 0 spiro atoms. The van der Waals surface area contributed by atoms with Gasteiger partial charge in [-0.05, 0) is 31.2 Å². The Morgan fingerprint density at radius 1 is 1.04 bits per heavy atom. The molecule has 0 heterocycles. The van der Waals surface area contributed by atoms with Gasteiger partial charge in [-0.2, -0.15) is 0 Å². The van der Waals surface area contributed by atoms with E-state index < -0.39 is 5.91 Å². The average molecular weight is 371 g/mol. The van der Waals surface area contributed by atoms with Crippen molar-refractivity contribution in [2.24, 2.45) is 5.73 Å². The molecule has 4 N–H and O–H groups in total. The molecule has 7 heteroatoms. The normalized spacial score (nSPS) is 11.4. The molecule has 2 rings (SSSR count). The van der Waals surface area contributed by atoms with E-state index in [1.165, 1.54) is 11.8 Å². The SMILES string of the molecule is CC(CC(=O)Nc1ccccc1SCC(N)=O)NC(=O)c1ccccc1. The zero-order chi connectivity index (χ0) is 18.9. The molecule has 3 amide bonds. The van der Waals surface area contributed by atoms with Crippen molar-refractivity contribution in [1.29, 1.82) is 0 Å². The lowest BCUT2D eigenvalue weighted by Gasteiger charge is -2.15. The molecule has 6 nitrogen and oxygen atoms in total. The van der Waals surface area contributed by atoms with Crippen LogP contribution in [0.3, 0.4) is 0 Å². The molecular weight excluding hydrogens is 350 g/mol. The molecule has 0 fully saturated rings. The van der Waals surface area contributed by atoms with Gasteiger partial charge in [0.1, 0.15) is 0 Å². The average Bonchev–Trinajstić information content (AvgIpc) is 2.61. The molecular formula is C19H21N3O3S. The topological polar surface area (TPSA) is 101 Å². The summed E-state index contributed by atoms with van der Waals surface area (Å²) in [4.78, 5) is 36.1. The summed E-state index contributed by atoms with van der Waals surface area (Å²) in [6.07, 6.45) is 0.132. The van der Waals surface area contributed by atoms with E-state index in [-0.39, 0.29) is 30.0 Å². The van der Waals surface area contributed by atoms with Crippen LogP contribution in [0.15, 0.2) is 59.5 Å². The number of nitrogens with two attached hydrogens (primary N) is 1. The second kappa shape index (κ2) is 9.62. The number of amides is 3. The van der Waals surface area contributed by atoms with E-state index in [1.807, 2.05) is 18.2 Å². The summed E-state index contributed by atoms with van der Waals surface area (Å²) in [5.41, 5.74) is 6.33. The van der Waals surface area contributed by atoms with E-state index in [9.17, 15) is 14.4 Å². The van der Waals surface area contributed by atoms with Gasteiger partial charge in [0, 0.05) is 22.9 Å². The van der Waals surface area contributed by atoms with Crippen LogP contribution in [0.5, 0.6) is 0 Å². The largest absolute Gasteiger partial charge is 0.369 e. The van der Waals surface area contributed by atoms with Crippen LogP contribution in [0.25, 0.3) is 0 Å². The summed E-state index contributed by atoms with van der Waals surface area (Å²) in [5, 5.41) is 5.62. The minimum absolute atomic E-state index is 0.132. The fourth-order valence-corrected chi connectivity index (χ4v) is 3.02. The number of nitrogens with one attached hydrogen (secondary N) is 2. The van der Waals surface area contributed by atoms with Crippen molar-refractivity contribution in [1.82, 2.24) is 5.32 Å². The lowest BCUT2D eigenvalue weighted by Crippen LogP contribution is -2.35. The van der Waals surface area contributed by atoms with Gasteiger partial charge in [-0.15, -0.1) is 11.8 Å². The van der Waals surface area contributed by atoms with Crippen molar-refractivity contribution >= 4 is 35.2 Å². The van der Waals surface area contributed by atoms with Gasteiger partial charge in [-0.1, -0.05) is 30.3 Å². The molecule has 0 aliphatic carbocycles. The van der Waals surface area contributed by atoms with Crippen molar-refractivity contribution in [2.75, 3.05) is 11.1 Å². The van der Waals surface area contributed by atoms with Gasteiger partial charge in [0.25, 0.3) is 5.91 Å². The first-order valence-corrected chi connectivity index (χ1v) is 9.10. The maximum atomic E-state index is 12.3. The Hall–Kier alpha value is -2.80. The predicted octanol–water partition coefficient (Wildman–Crippen LogP) is 2.41. The monoisotopic (exact) mass is 371 g/mol. The number of thioether (sulfide) groups is 1. The lowest BCUT2D eigenvalue weighted by molar-refractivity contribution is -0.117. The van der Waals surface area contributed by atoms with Gasteiger partial charge in [-0.25, -0.2) is 0 Å². The number of benzene rings is 2. The summed E-state index contributed by atoms with van der Waals surface area (Å²) >= 11 is 1.26. The molecule has 0 aromatic heterocycles. The molecule has 0 saturated carbocycles. The van der Waals surface area contributed by atoms with Gasteiger partial charge in [0.2, 0.25) is 11.8 Å². The molecule has 1 atom stereocenters. The smallest absolute Gasteiger partial charge is 0.251 e. The number of hydrogen-bond acceptors (Lipinski definition) is 4. The molecule has 0 saturated heterocycles. The van der Waals surface area contributed by atoms with Gasteiger partial charge < -0.3 is 16.4 Å². The van der Waals surface area contributed by atoms with E-state index in [1.54, 1.807) is 43.3 Å². The van der Waals surface area contributed by atoms with E-state index in [2.05, 4.69) is 10.6 Å². The second-order valence-electron chi connectivity index (χ2n) is 5.74. The summed E-state index contributed by atoms with van der Waals surface area (Å²) < 4.78 is 0. The highest BCUT2D eigenvalue weighted by Crippen LogP contribution is 2.26. The molecule has 0 radical (unpaired) electrons. The van der Waals surface area contributed by atoms with Gasteiger partial charge >= 0.3 is 0 Å². The first-order valence-electron chi connectivity index (χ1n) is 8.11. The number of carbonyl (C=O) groups is 3. The van der Waals surface area contributed by atoms with Gasteiger partial charge in [-0.3, -0.25) is 14.4 Å². The van der Waals surface area contributed by atoms with Crippen molar-refractivity contribution < 1.29 is 14.4 Å². The highest BCUT2D eigenvalue weighted by atomic mass is 32.2. The third kappa shape index (κ3) is 6.25. The first kappa shape index (κ1) is 19.5. The molecule has 136 valence electrons. The molecule has 1 unspecified atom stereocenters. The summed E-state index contributed by atoms with van der Waals surface area (Å²) in [6.45, 7) is 1.77. The Balaban J connectivity index is 1.90. The third-order valence-electron chi connectivity index (χ3n) is 3.44. The minimum atomic E-state index is -0.423. The molecule has 0 aliphatic heterocycles. The third-order valence-corrected chi connectivity index (χ3v) is 4.53. The molecule has 2 aromatic rings. The van der Waals surface area contributed by atoms with Crippen LogP contribution < -0.4 is 16.4 Å². The second-order valence-corrected chi connectivity index (χ2v) is 6.76.